The highest BCUT2D eigenvalue weighted by molar-refractivity contribution is 6.36. The summed E-state index contributed by atoms with van der Waals surface area (Å²) < 4.78 is 53.1. The fourth-order valence-corrected chi connectivity index (χ4v) is 7.96. The molecule has 0 unspecified atom stereocenters. The molecule has 8 rings (SSSR count). The third kappa shape index (κ3) is 4.01. The molecular weight excluding hydrogens is 553 g/mol. The van der Waals surface area contributed by atoms with E-state index in [2.05, 4.69) is 25.1 Å². The van der Waals surface area contributed by atoms with Crippen molar-refractivity contribution in [2.24, 2.45) is 0 Å². The predicted molar refractivity (Wildman–Crippen MR) is 152 cm³/mol. The van der Waals surface area contributed by atoms with E-state index in [9.17, 15) is 4.39 Å². The first kappa shape index (κ1) is 25.6. The fraction of sp³-hybridized carbons (Fsp3) is 0.467. The van der Waals surface area contributed by atoms with Crippen LogP contribution in [0.3, 0.4) is 0 Å². The molecule has 2 atom stereocenters. The van der Waals surface area contributed by atoms with Crippen LogP contribution in [-0.4, -0.2) is 70.3 Å². The molecule has 2 aromatic carbocycles. The minimum absolute atomic E-state index is 0.0265. The number of nitrogens with zero attached hydrogens (tertiary/aromatic N) is 4. The highest BCUT2D eigenvalue weighted by Crippen LogP contribution is 2.42. The summed E-state index contributed by atoms with van der Waals surface area (Å²) >= 11 is 6.28. The van der Waals surface area contributed by atoms with Crippen molar-refractivity contribution < 1.29 is 17.9 Å². The summed E-state index contributed by atoms with van der Waals surface area (Å²) in [6.07, 6.45) is 7.91. The zero-order valence-corrected chi connectivity index (χ0v) is 23.2. The molecule has 2 N–H and O–H groups in total. The molecule has 214 valence electrons. The van der Waals surface area contributed by atoms with Gasteiger partial charge in [-0.05, 0) is 69.8 Å². The maximum atomic E-state index is 16.5. The lowest BCUT2D eigenvalue weighted by molar-refractivity contribution is 0.108. The van der Waals surface area contributed by atoms with E-state index in [1.165, 1.54) is 24.4 Å². The van der Waals surface area contributed by atoms with Gasteiger partial charge in [0, 0.05) is 53.2 Å². The number of fused-ring (bicyclic) bond motifs is 5. The molecule has 6 heterocycles. The van der Waals surface area contributed by atoms with E-state index in [1.54, 1.807) is 0 Å². The number of piperazine rings is 1. The number of benzene rings is 2. The van der Waals surface area contributed by atoms with Crippen LogP contribution in [0.15, 0.2) is 24.4 Å². The summed E-state index contributed by atoms with van der Waals surface area (Å²) in [5, 5.41) is 3.91. The Morgan fingerprint density at radius 1 is 1.02 bits per heavy atom. The summed E-state index contributed by atoms with van der Waals surface area (Å²) in [4.78, 5) is 16.9. The zero-order chi connectivity index (χ0) is 27.9. The van der Waals surface area contributed by atoms with Crippen molar-refractivity contribution in [1.29, 1.82) is 0 Å². The molecule has 11 heteroatoms. The number of nitrogens with one attached hydrogen (secondary N) is 2. The predicted octanol–water partition coefficient (Wildman–Crippen LogP) is 5.80. The summed E-state index contributed by atoms with van der Waals surface area (Å²) in [5.41, 5.74) is 0.232. The molecule has 2 bridgehead atoms. The average Bonchev–Trinajstić information content (AvgIpc) is 3.73. The molecule has 0 radical (unpaired) electrons. The summed E-state index contributed by atoms with van der Waals surface area (Å²) in [7, 11) is 0. The lowest BCUT2D eigenvalue weighted by Crippen LogP contribution is -2.51. The van der Waals surface area contributed by atoms with Crippen LogP contribution in [0.1, 0.15) is 38.5 Å². The van der Waals surface area contributed by atoms with E-state index in [4.69, 9.17) is 21.3 Å². The molecule has 0 amide bonds. The molecule has 4 fully saturated rings. The lowest BCUT2D eigenvalue weighted by atomic mass is 9.95. The van der Waals surface area contributed by atoms with Gasteiger partial charge in [0.25, 0.3) is 0 Å². The molecule has 41 heavy (non-hydrogen) atoms. The van der Waals surface area contributed by atoms with Crippen LogP contribution in [-0.2, 0) is 0 Å². The molecule has 7 nitrogen and oxygen atoms in total. The molecule has 0 aliphatic carbocycles. The number of aromatic nitrogens is 3. The van der Waals surface area contributed by atoms with Crippen LogP contribution in [0, 0.1) is 17.5 Å². The molecule has 4 aliphatic rings. The lowest BCUT2D eigenvalue weighted by Gasteiger charge is -2.34. The Balaban J connectivity index is 1.27. The summed E-state index contributed by atoms with van der Waals surface area (Å²) in [6, 6.07) is 4.69. The van der Waals surface area contributed by atoms with Crippen molar-refractivity contribution in [3.63, 3.8) is 0 Å². The molecule has 0 saturated carbocycles. The normalized spacial score (nSPS) is 23.7. The summed E-state index contributed by atoms with van der Waals surface area (Å²) in [5.74, 6) is -1.83. The second-order valence-electron chi connectivity index (χ2n) is 12.0. The number of anilines is 1. The maximum Gasteiger partial charge on any atom is 0.319 e. The Kier molecular flexibility index (Phi) is 5.92. The van der Waals surface area contributed by atoms with Gasteiger partial charge >= 0.3 is 6.01 Å². The number of hydrogen-bond donors (Lipinski definition) is 2. The fourth-order valence-electron chi connectivity index (χ4n) is 7.70. The van der Waals surface area contributed by atoms with Crippen LogP contribution in [0.25, 0.3) is 32.9 Å². The van der Waals surface area contributed by atoms with Gasteiger partial charge in [0.05, 0.1) is 16.1 Å². The number of ether oxygens (including phenoxy) is 1. The quantitative estimate of drug-likeness (QED) is 0.310. The SMILES string of the molecule is Fc1cc2c(N3C[C@H]4CC[C@@H](C3)N4)nc(OCC34CCCN3CCC4)nc2c(F)c1-c1c[nH]c2ccc(F)c(Cl)c12. The molecule has 2 aromatic heterocycles. The number of hydrogen-bond acceptors (Lipinski definition) is 6. The Hall–Kier alpha value is -3.08. The highest BCUT2D eigenvalue weighted by Gasteiger charge is 2.45. The van der Waals surface area contributed by atoms with Gasteiger partial charge in [-0.15, -0.1) is 0 Å². The standard InChI is InChI=1S/C30H30ClF3N6O/c31-25-20(32)5-6-22-24(25)19(12-35-22)23-21(33)11-18-27(26(23)34)37-29(41-15-30-7-1-9-40(30)10-2-8-30)38-28(18)39-13-16-3-4-17(14-39)36-16/h5-6,11-12,16-17,35-36H,1-4,7-10,13-15H2/t16-,17+. The largest absolute Gasteiger partial charge is 0.461 e. The molecule has 0 spiro atoms. The van der Waals surface area contributed by atoms with Crippen LogP contribution in [0.2, 0.25) is 5.02 Å². The van der Waals surface area contributed by atoms with Gasteiger partial charge in [0.1, 0.15) is 29.6 Å². The van der Waals surface area contributed by atoms with E-state index in [0.717, 1.165) is 51.6 Å². The van der Waals surface area contributed by atoms with Crippen molar-refractivity contribution in [1.82, 2.24) is 25.2 Å². The monoisotopic (exact) mass is 582 g/mol. The second kappa shape index (κ2) is 9.47. The number of halogens is 4. The van der Waals surface area contributed by atoms with Gasteiger partial charge in [-0.2, -0.15) is 9.97 Å². The molecule has 4 aliphatic heterocycles. The van der Waals surface area contributed by atoms with E-state index >= 15 is 8.78 Å². The zero-order valence-electron chi connectivity index (χ0n) is 22.5. The topological polar surface area (TPSA) is 69.3 Å². The van der Waals surface area contributed by atoms with Gasteiger partial charge < -0.3 is 19.9 Å². The van der Waals surface area contributed by atoms with Crippen LogP contribution in [0.4, 0.5) is 19.0 Å². The van der Waals surface area contributed by atoms with Crippen molar-refractivity contribution in [3.05, 3.63) is 46.9 Å². The number of aromatic amines is 1. The number of rotatable bonds is 5. The maximum absolute atomic E-state index is 16.5. The molecular formula is C30H30ClF3N6O. The summed E-state index contributed by atoms with van der Waals surface area (Å²) in [6.45, 7) is 3.91. The first-order chi connectivity index (χ1) is 19.9. The Bertz CT molecular complexity index is 1670. The van der Waals surface area contributed by atoms with Crippen molar-refractivity contribution in [3.8, 4) is 17.1 Å². The molecule has 4 aromatic rings. The van der Waals surface area contributed by atoms with Gasteiger partial charge in [-0.1, -0.05) is 11.6 Å². The Morgan fingerprint density at radius 3 is 2.54 bits per heavy atom. The third-order valence-electron chi connectivity index (χ3n) is 9.64. The first-order valence-corrected chi connectivity index (χ1v) is 14.8. The van der Waals surface area contributed by atoms with Crippen LogP contribution < -0.4 is 15.0 Å². The van der Waals surface area contributed by atoms with Gasteiger partial charge in [0.15, 0.2) is 5.82 Å². The van der Waals surface area contributed by atoms with E-state index in [-0.39, 0.29) is 44.0 Å². The third-order valence-corrected chi connectivity index (χ3v) is 10.0. The van der Waals surface area contributed by atoms with Gasteiger partial charge in [-0.3, -0.25) is 4.90 Å². The van der Waals surface area contributed by atoms with Crippen LogP contribution in [0.5, 0.6) is 6.01 Å². The second-order valence-corrected chi connectivity index (χ2v) is 12.4. The minimum Gasteiger partial charge on any atom is -0.461 e. The Morgan fingerprint density at radius 2 is 1.78 bits per heavy atom. The van der Waals surface area contributed by atoms with Crippen LogP contribution >= 0.6 is 11.6 Å². The smallest absolute Gasteiger partial charge is 0.319 e. The van der Waals surface area contributed by atoms with Crippen molar-refractivity contribution in [2.45, 2.75) is 56.1 Å². The van der Waals surface area contributed by atoms with Gasteiger partial charge in [-0.25, -0.2) is 13.2 Å². The highest BCUT2D eigenvalue weighted by atomic mass is 35.5. The number of H-pyrrole nitrogens is 1. The van der Waals surface area contributed by atoms with Crippen molar-refractivity contribution in [2.75, 3.05) is 37.7 Å². The van der Waals surface area contributed by atoms with E-state index < -0.39 is 17.5 Å². The van der Waals surface area contributed by atoms with E-state index in [1.807, 2.05) is 0 Å². The minimum atomic E-state index is -0.852. The average molecular weight is 583 g/mol. The first-order valence-electron chi connectivity index (χ1n) is 14.4. The van der Waals surface area contributed by atoms with Crippen molar-refractivity contribution >= 4 is 39.2 Å². The Labute approximate surface area is 240 Å². The molecule has 4 saturated heterocycles. The van der Waals surface area contributed by atoms with E-state index in [0.29, 0.717) is 43.1 Å². The van der Waals surface area contributed by atoms with Gasteiger partial charge in [0.2, 0.25) is 0 Å².